The van der Waals surface area contributed by atoms with Crippen molar-refractivity contribution < 1.29 is 4.79 Å². The maximum Gasteiger partial charge on any atom is 0.259 e. The molecule has 0 spiro atoms. The second kappa shape index (κ2) is 3.99. The third-order valence-corrected chi connectivity index (χ3v) is 4.89. The number of rotatable bonds is 1. The summed E-state index contributed by atoms with van der Waals surface area (Å²) in [6.07, 6.45) is 4.97. The van der Waals surface area contributed by atoms with Gasteiger partial charge in [0.2, 0.25) is 0 Å². The molecule has 1 saturated heterocycles. The summed E-state index contributed by atoms with van der Waals surface area (Å²) in [5.74, 6) is 0.503. The van der Waals surface area contributed by atoms with E-state index in [2.05, 4.69) is 25.9 Å². The molecular formula is C15H24N4O. The Balaban J connectivity index is 1.89. The first kappa shape index (κ1) is 13.5. The Hall–Kier alpha value is -1.52. The summed E-state index contributed by atoms with van der Waals surface area (Å²) in [6.45, 7) is 7.77. The van der Waals surface area contributed by atoms with Crippen LogP contribution in [-0.2, 0) is 7.05 Å². The number of nitrogens with zero attached hydrogens (tertiary/aromatic N) is 3. The van der Waals surface area contributed by atoms with Crippen molar-refractivity contribution in [1.82, 2.24) is 14.7 Å². The quantitative estimate of drug-likeness (QED) is 0.853. The summed E-state index contributed by atoms with van der Waals surface area (Å²) in [7, 11) is 1.76. The average Bonchev–Trinajstić information content (AvgIpc) is 2.76. The van der Waals surface area contributed by atoms with Crippen LogP contribution in [0, 0.1) is 10.8 Å². The Morgan fingerprint density at radius 3 is 2.70 bits per heavy atom. The number of hydrogen-bond donors (Lipinski definition) is 1. The lowest BCUT2D eigenvalue weighted by Crippen LogP contribution is -2.37. The molecule has 0 aromatic carbocycles. The van der Waals surface area contributed by atoms with Crippen molar-refractivity contribution in [2.45, 2.75) is 46.1 Å². The van der Waals surface area contributed by atoms with Crippen LogP contribution in [0.3, 0.4) is 0 Å². The first-order chi connectivity index (χ1) is 9.21. The molecule has 1 aromatic rings. The van der Waals surface area contributed by atoms with Gasteiger partial charge in [-0.25, -0.2) is 0 Å². The summed E-state index contributed by atoms with van der Waals surface area (Å²) in [5, 5.41) is 4.08. The van der Waals surface area contributed by atoms with Gasteiger partial charge in [-0.2, -0.15) is 5.10 Å². The fourth-order valence-electron chi connectivity index (χ4n) is 4.46. The first-order valence-electron chi connectivity index (χ1n) is 7.29. The Kier molecular flexibility index (Phi) is 2.69. The van der Waals surface area contributed by atoms with Crippen LogP contribution in [0.25, 0.3) is 0 Å². The molecule has 20 heavy (non-hydrogen) atoms. The standard InChI is InChI=1S/C15H24N4O/c1-14(2)5-10-6-15(3,8-14)9-19(10)13(20)11-7-17-18(4)12(11)16/h7,10H,5-6,8-9,16H2,1-4H3. The van der Waals surface area contributed by atoms with Crippen molar-refractivity contribution >= 4 is 11.7 Å². The van der Waals surface area contributed by atoms with Gasteiger partial charge in [-0.1, -0.05) is 20.8 Å². The summed E-state index contributed by atoms with van der Waals surface area (Å²) in [5.41, 5.74) is 7.05. The van der Waals surface area contributed by atoms with Gasteiger partial charge in [-0.15, -0.1) is 0 Å². The van der Waals surface area contributed by atoms with Crippen molar-refractivity contribution in [2.24, 2.45) is 17.9 Å². The Labute approximate surface area is 120 Å². The number of fused-ring (bicyclic) bond motifs is 2. The highest BCUT2D eigenvalue weighted by Gasteiger charge is 2.51. The number of hydrogen-bond acceptors (Lipinski definition) is 3. The van der Waals surface area contributed by atoms with E-state index in [1.807, 2.05) is 4.90 Å². The molecule has 1 amide bonds. The number of nitrogens with two attached hydrogens (primary N) is 1. The van der Waals surface area contributed by atoms with Gasteiger partial charge in [-0.3, -0.25) is 9.48 Å². The zero-order chi connectivity index (χ0) is 14.7. The minimum absolute atomic E-state index is 0.0435. The van der Waals surface area contributed by atoms with Crippen LogP contribution in [-0.4, -0.2) is 33.2 Å². The third-order valence-electron chi connectivity index (χ3n) is 4.89. The SMILES string of the molecule is Cn1ncc(C(=O)N2CC3(C)CC2CC(C)(C)C3)c1N. The molecule has 2 heterocycles. The zero-order valence-electron chi connectivity index (χ0n) is 12.8. The third kappa shape index (κ3) is 2.00. The van der Waals surface area contributed by atoms with Crippen molar-refractivity contribution in [3.8, 4) is 0 Å². The molecule has 2 bridgehead atoms. The van der Waals surface area contributed by atoms with Crippen LogP contribution >= 0.6 is 0 Å². The van der Waals surface area contributed by atoms with E-state index in [9.17, 15) is 4.79 Å². The van der Waals surface area contributed by atoms with Gasteiger partial charge in [0, 0.05) is 19.6 Å². The van der Waals surface area contributed by atoms with E-state index in [1.165, 1.54) is 6.42 Å². The molecule has 2 aliphatic rings. The lowest BCUT2D eigenvalue weighted by atomic mass is 9.65. The Morgan fingerprint density at radius 1 is 1.40 bits per heavy atom. The highest BCUT2D eigenvalue weighted by atomic mass is 16.2. The summed E-state index contributed by atoms with van der Waals surface area (Å²) in [4.78, 5) is 14.8. The molecular weight excluding hydrogens is 252 g/mol. The van der Waals surface area contributed by atoms with Gasteiger partial charge in [-0.05, 0) is 30.1 Å². The summed E-state index contributed by atoms with van der Waals surface area (Å²) < 4.78 is 1.56. The maximum atomic E-state index is 12.8. The number of carbonyl (C=O) groups is 1. The number of nitrogen functional groups attached to an aromatic ring is 1. The lowest BCUT2D eigenvalue weighted by Gasteiger charge is -2.39. The molecule has 2 atom stereocenters. The molecule has 2 unspecified atom stereocenters. The molecule has 2 fully saturated rings. The smallest absolute Gasteiger partial charge is 0.259 e. The van der Waals surface area contributed by atoms with Gasteiger partial charge in [0.1, 0.15) is 11.4 Å². The molecule has 1 aliphatic carbocycles. The second-order valence-corrected chi connectivity index (χ2v) is 7.71. The van der Waals surface area contributed by atoms with E-state index in [0.29, 0.717) is 22.8 Å². The molecule has 5 heteroatoms. The Bertz CT molecular complexity index is 562. The van der Waals surface area contributed by atoms with Crippen LogP contribution < -0.4 is 5.73 Å². The number of likely N-dealkylation sites (tertiary alicyclic amines) is 1. The van der Waals surface area contributed by atoms with Gasteiger partial charge in [0.25, 0.3) is 5.91 Å². The molecule has 0 radical (unpaired) electrons. The summed E-state index contributed by atoms with van der Waals surface area (Å²) >= 11 is 0. The first-order valence-corrected chi connectivity index (χ1v) is 7.29. The predicted molar refractivity (Wildman–Crippen MR) is 78.2 cm³/mol. The summed E-state index contributed by atoms with van der Waals surface area (Å²) in [6, 6.07) is 0.343. The van der Waals surface area contributed by atoms with Crippen molar-refractivity contribution in [3.63, 3.8) is 0 Å². The van der Waals surface area contributed by atoms with Crippen molar-refractivity contribution in [2.75, 3.05) is 12.3 Å². The van der Waals surface area contributed by atoms with Crippen LogP contribution in [0.15, 0.2) is 6.20 Å². The number of aromatic nitrogens is 2. The number of aryl methyl sites for hydroxylation is 1. The fraction of sp³-hybridized carbons (Fsp3) is 0.733. The van der Waals surface area contributed by atoms with Gasteiger partial charge < -0.3 is 10.6 Å². The van der Waals surface area contributed by atoms with E-state index in [-0.39, 0.29) is 11.3 Å². The van der Waals surface area contributed by atoms with Crippen LogP contribution in [0.5, 0.6) is 0 Å². The van der Waals surface area contributed by atoms with E-state index in [1.54, 1.807) is 17.9 Å². The predicted octanol–water partition coefficient (Wildman–Crippen LogP) is 2.04. The van der Waals surface area contributed by atoms with Gasteiger partial charge in [0.05, 0.1) is 6.20 Å². The minimum atomic E-state index is 0.0435. The molecule has 1 aliphatic heterocycles. The van der Waals surface area contributed by atoms with Crippen LogP contribution in [0.2, 0.25) is 0 Å². The fourth-order valence-corrected chi connectivity index (χ4v) is 4.46. The topological polar surface area (TPSA) is 64.2 Å². The van der Waals surface area contributed by atoms with E-state index in [0.717, 1.165) is 19.4 Å². The second-order valence-electron chi connectivity index (χ2n) is 7.71. The van der Waals surface area contributed by atoms with E-state index in [4.69, 9.17) is 5.73 Å². The average molecular weight is 276 g/mol. The number of amides is 1. The molecule has 1 saturated carbocycles. The van der Waals surface area contributed by atoms with Crippen molar-refractivity contribution in [3.05, 3.63) is 11.8 Å². The molecule has 5 nitrogen and oxygen atoms in total. The normalized spacial score (nSPS) is 31.6. The van der Waals surface area contributed by atoms with Gasteiger partial charge >= 0.3 is 0 Å². The number of carbonyl (C=O) groups excluding carboxylic acids is 1. The zero-order valence-corrected chi connectivity index (χ0v) is 12.8. The van der Waals surface area contributed by atoms with Gasteiger partial charge in [0.15, 0.2) is 0 Å². The Morgan fingerprint density at radius 2 is 2.10 bits per heavy atom. The molecule has 3 rings (SSSR count). The number of anilines is 1. The minimum Gasteiger partial charge on any atom is -0.383 e. The van der Waals surface area contributed by atoms with Crippen LogP contribution in [0.4, 0.5) is 5.82 Å². The highest BCUT2D eigenvalue weighted by Crippen LogP contribution is 2.52. The monoisotopic (exact) mass is 276 g/mol. The largest absolute Gasteiger partial charge is 0.383 e. The van der Waals surface area contributed by atoms with Crippen molar-refractivity contribution in [1.29, 1.82) is 0 Å². The molecule has 2 N–H and O–H groups in total. The van der Waals surface area contributed by atoms with E-state index < -0.39 is 0 Å². The highest BCUT2D eigenvalue weighted by molar-refractivity contribution is 5.98. The lowest BCUT2D eigenvalue weighted by molar-refractivity contribution is 0.0709. The maximum absolute atomic E-state index is 12.8. The van der Waals surface area contributed by atoms with Crippen LogP contribution in [0.1, 0.15) is 50.4 Å². The molecule has 1 aromatic heterocycles. The molecule has 110 valence electrons. The van der Waals surface area contributed by atoms with E-state index >= 15 is 0 Å².